The molecule has 7 heteroatoms. The normalized spacial score (nSPS) is 10.3. The summed E-state index contributed by atoms with van der Waals surface area (Å²) in [4.78, 5) is 4.17. The molecule has 0 saturated carbocycles. The predicted octanol–water partition coefficient (Wildman–Crippen LogP) is 1.22. The van der Waals surface area contributed by atoms with Crippen LogP contribution in [0.15, 0.2) is 16.7 Å². The van der Waals surface area contributed by atoms with Crippen LogP contribution in [0.3, 0.4) is 0 Å². The summed E-state index contributed by atoms with van der Waals surface area (Å²) < 4.78 is 20.9. The van der Waals surface area contributed by atoms with Crippen molar-refractivity contribution in [2.75, 3.05) is 21.3 Å². The summed E-state index contributed by atoms with van der Waals surface area (Å²) >= 11 is 0. The summed E-state index contributed by atoms with van der Waals surface area (Å²) in [6.07, 6.45) is 0. The number of rotatable bonds is 5. The second kappa shape index (κ2) is 5.57. The molecule has 1 aromatic heterocycles. The van der Waals surface area contributed by atoms with E-state index in [0.29, 0.717) is 34.5 Å². The molecule has 2 rings (SSSR count). The SMILES string of the molecule is COc1ccc(OC)c(-c2noc(CN)n2)c1OC. The molecule has 0 aliphatic carbocycles. The summed E-state index contributed by atoms with van der Waals surface area (Å²) in [6.45, 7) is 0.168. The fraction of sp³-hybridized carbons (Fsp3) is 0.333. The van der Waals surface area contributed by atoms with E-state index in [9.17, 15) is 0 Å². The van der Waals surface area contributed by atoms with Gasteiger partial charge in [-0.2, -0.15) is 4.98 Å². The first-order chi connectivity index (χ1) is 9.24. The van der Waals surface area contributed by atoms with E-state index >= 15 is 0 Å². The van der Waals surface area contributed by atoms with Crippen molar-refractivity contribution in [2.24, 2.45) is 5.73 Å². The maximum Gasteiger partial charge on any atom is 0.240 e. The third-order valence-corrected chi connectivity index (χ3v) is 2.59. The minimum atomic E-state index is 0.168. The number of methoxy groups -OCH3 is 3. The van der Waals surface area contributed by atoms with Gasteiger partial charge in [0.2, 0.25) is 11.7 Å². The Morgan fingerprint density at radius 3 is 2.32 bits per heavy atom. The van der Waals surface area contributed by atoms with Gasteiger partial charge in [0.25, 0.3) is 0 Å². The molecule has 102 valence electrons. The van der Waals surface area contributed by atoms with Crippen molar-refractivity contribution >= 4 is 0 Å². The van der Waals surface area contributed by atoms with E-state index in [1.165, 1.54) is 7.11 Å². The molecule has 0 spiro atoms. The number of nitrogens with zero attached hydrogens (tertiary/aromatic N) is 2. The topological polar surface area (TPSA) is 92.6 Å². The lowest BCUT2D eigenvalue weighted by Crippen LogP contribution is -1.98. The largest absolute Gasteiger partial charge is 0.496 e. The highest BCUT2D eigenvalue weighted by atomic mass is 16.5. The van der Waals surface area contributed by atoms with E-state index in [4.69, 9.17) is 24.5 Å². The number of ether oxygens (including phenoxy) is 3. The Labute approximate surface area is 110 Å². The van der Waals surface area contributed by atoms with Gasteiger partial charge >= 0.3 is 0 Å². The number of benzene rings is 1. The highest BCUT2D eigenvalue weighted by molar-refractivity contribution is 5.75. The van der Waals surface area contributed by atoms with Gasteiger partial charge in [-0.1, -0.05) is 5.16 Å². The van der Waals surface area contributed by atoms with E-state index < -0.39 is 0 Å². The van der Waals surface area contributed by atoms with E-state index in [2.05, 4.69) is 10.1 Å². The molecule has 1 aromatic carbocycles. The summed E-state index contributed by atoms with van der Waals surface area (Å²) in [6, 6.07) is 3.49. The quantitative estimate of drug-likeness (QED) is 0.868. The molecule has 1 heterocycles. The van der Waals surface area contributed by atoms with Crippen LogP contribution in [0.1, 0.15) is 5.89 Å². The van der Waals surface area contributed by atoms with Gasteiger partial charge in [0.05, 0.1) is 27.9 Å². The molecule has 0 fully saturated rings. The molecule has 2 aromatic rings. The molecular weight excluding hydrogens is 250 g/mol. The fourth-order valence-electron chi connectivity index (χ4n) is 1.73. The van der Waals surface area contributed by atoms with Crippen LogP contribution < -0.4 is 19.9 Å². The third kappa shape index (κ3) is 2.32. The van der Waals surface area contributed by atoms with Crippen LogP contribution in [0.5, 0.6) is 17.2 Å². The van der Waals surface area contributed by atoms with Gasteiger partial charge in [-0.25, -0.2) is 0 Å². The standard InChI is InChI=1S/C12H15N3O4/c1-16-7-4-5-8(17-2)11(18-3)10(7)12-14-9(6-13)19-15-12/h4-5H,6,13H2,1-3H3. The van der Waals surface area contributed by atoms with E-state index in [-0.39, 0.29) is 6.54 Å². The molecule has 2 N–H and O–H groups in total. The van der Waals surface area contributed by atoms with Crippen molar-refractivity contribution in [3.05, 3.63) is 18.0 Å². The van der Waals surface area contributed by atoms with Crippen molar-refractivity contribution in [1.29, 1.82) is 0 Å². The number of hydrogen-bond acceptors (Lipinski definition) is 7. The van der Waals surface area contributed by atoms with Crippen LogP contribution in [0.25, 0.3) is 11.4 Å². The van der Waals surface area contributed by atoms with Gasteiger partial charge in [-0.05, 0) is 12.1 Å². The lowest BCUT2D eigenvalue weighted by Gasteiger charge is -2.13. The van der Waals surface area contributed by atoms with Gasteiger partial charge in [0.15, 0.2) is 11.5 Å². The van der Waals surface area contributed by atoms with Crippen molar-refractivity contribution < 1.29 is 18.7 Å². The lowest BCUT2D eigenvalue weighted by molar-refractivity contribution is 0.349. The third-order valence-electron chi connectivity index (χ3n) is 2.59. The second-order valence-corrected chi connectivity index (χ2v) is 3.59. The van der Waals surface area contributed by atoms with Crippen molar-refractivity contribution in [2.45, 2.75) is 6.54 Å². The van der Waals surface area contributed by atoms with Gasteiger partial charge in [-0.3, -0.25) is 0 Å². The van der Waals surface area contributed by atoms with Gasteiger partial charge in [0.1, 0.15) is 11.3 Å². The number of nitrogens with two attached hydrogens (primary N) is 1. The summed E-state index contributed by atoms with van der Waals surface area (Å²) in [5, 5.41) is 3.87. The molecule has 7 nitrogen and oxygen atoms in total. The average molecular weight is 265 g/mol. The predicted molar refractivity (Wildman–Crippen MR) is 67.3 cm³/mol. The summed E-state index contributed by atoms with van der Waals surface area (Å²) in [5.41, 5.74) is 6.02. The van der Waals surface area contributed by atoms with Crippen LogP contribution in [-0.4, -0.2) is 31.5 Å². The Balaban J connectivity index is 2.64. The van der Waals surface area contributed by atoms with E-state index in [1.807, 2.05) is 0 Å². The van der Waals surface area contributed by atoms with Crippen LogP contribution in [0, 0.1) is 0 Å². The van der Waals surface area contributed by atoms with E-state index in [1.54, 1.807) is 26.4 Å². The van der Waals surface area contributed by atoms with Crippen molar-refractivity contribution in [1.82, 2.24) is 10.1 Å². The molecule has 0 aliphatic rings. The monoisotopic (exact) mass is 265 g/mol. The summed E-state index contributed by atoms with van der Waals surface area (Å²) in [5.74, 6) is 2.26. The minimum Gasteiger partial charge on any atom is -0.496 e. The first-order valence-electron chi connectivity index (χ1n) is 5.57. The van der Waals surface area contributed by atoms with Crippen LogP contribution >= 0.6 is 0 Å². The van der Waals surface area contributed by atoms with Crippen LogP contribution in [-0.2, 0) is 6.54 Å². The Hall–Kier alpha value is -2.28. The minimum absolute atomic E-state index is 0.168. The smallest absolute Gasteiger partial charge is 0.240 e. The highest BCUT2D eigenvalue weighted by Crippen LogP contribution is 2.43. The zero-order valence-corrected chi connectivity index (χ0v) is 11.0. The van der Waals surface area contributed by atoms with Crippen molar-refractivity contribution in [3.8, 4) is 28.6 Å². The lowest BCUT2D eigenvalue weighted by atomic mass is 10.1. The molecule has 0 bridgehead atoms. The molecule has 0 saturated heterocycles. The first-order valence-corrected chi connectivity index (χ1v) is 5.57. The maximum atomic E-state index is 5.45. The Kier molecular flexibility index (Phi) is 3.86. The summed E-state index contributed by atoms with van der Waals surface area (Å²) in [7, 11) is 4.63. The Bertz CT molecular complexity index is 568. The molecule has 0 aliphatic heterocycles. The molecule has 19 heavy (non-hydrogen) atoms. The Morgan fingerprint density at radius 1 is 1.11 bits per heavy atom. The zero-order chi connectivity index (χ0) is 13.8. The van der Waals surface area contributed by atoms with Crippen LogP contribution in [0.2, 0.25) is 0 Å². The van der Waals surface area contributed by atoms with Crippen LogP contribution in [0.4, 0.5) is 0 Å². The fourth-order valence-corrected chi connectivity index (χ4v) is 1.73. The van der Waals surface area contributed by atoms with Gasteiger partial charge < -0.3 is 24.5 Å². The number of aromatic nitrogens is 2. The zero-order valence-electron chi connectivity index (χ0n) is 11.0. The molecule has 0 unspecified atom stereocenters. The number of hydrogen-bond donors (Lipinski definition) is 1. The average Bonchev–Trinajstić information content (AvgIpc) is 2.93. The highest BCUT2D eigenvalue weighted by Gasteiger charge is 2.21. The molecule has 0 amide bonds. The second-order valence-electron chi connectivity index (χ2n) is 3.59. The van der Waals surface area contributed by atoms with Crippen molar-refractivity contribution in [3.63, 3.8) is 0 Å². The first kappa shape index (κ1) is 13.2. The van der Waals surface area contributed by atoms with E-state index in [0.717, 1.165) is 0 Å². The molecule has 0 radical (unpaired) electrons. The molecular formula is C12H15N3O4. The molecule has 0 atom stereocenters. The van der Waals surface area contributed by atoms with Gasteiger partial charge in [-0.15, -0.1) is 0 Å². The van der Waals surface area contributed by atoms with Gasteiger partial charge in [0, 0.05) is 0 Å². The Morgan fingerprint density at radius 2 is 1.79 bits per heavy atom. The maximum absolute atomic E-state index is 5.45.